The Kier molecular flexibility index (Phi) is 6.73. The van der Waals surface area contributed by atoms with E-state index in [0.29, 0.717) is 24.0 Å². The summed E-state index contributed by atoms with van der Waals surface area (Å²) in [5.41, 5.74) is 2.91. The monoisotopic (exact) mass is 400 g/mol. The molecule has 0 radical (unpaired) electrons. The fraction of sp³-hybridized carbons (Fsp3) is 0.409. The summed E-state index contributed by atoms with van der Waals surface area (Å²) in [5.74, 6) is 1.29. The number of hydrogen-bond acceptors (Lipinski definition) is 4. The smallest absolute Gasteiger partial charge is 0.276 e. The summed E-state index contributed by atoms with van der Waals surface area (Å²) in [5, 5.41) is 4.09. The summed E-state index contributed by atoms with van der Waals surface area (Å²) < 4.78 is 30.2. The zero-order valence-electron chi connectivity index (χ0n) is 16.5. The Bertz CT molecular complexity index is 898. The molecule has 5 nitrogen and oxygen atoms in total. The maximum absolute atomic E-state index is 12.4. The number of rotatable bonds is 7. The molecule has 1 N–H and O–H groups in total. The molecule has 6 heteroatoms. The number of benzene rings is 2. The van der Waals surface area contributed by atoms with Gasteiger partial charge in [-0.1, -0.05) is 43.5 Å². The van der Waals surface area contributed by atoms with Crippen LogP contribution in [0.5, 0.6) is 5.75 Å². The summed E-state index contributed by atoms with van der Waals surface area (Å²) >= 11 is 0. The molecule has 0 aliphatic heterocycles. The molecule has 2 aromatic rings. The van der Waals surface area contributed by atoms with Gasteiger partial charge in [-0.25, -0.2) is 0 Å². The van der Waals surface area contributed by atoms with Crippen molar-refractivity contribution in [3.63, 3.8) is 0 Å². The molecule has 0 aromatic heterocycles. The molecule has 0 saturated heterocycles. The molecule has 28 heavy (non-hydrogen) atoms. The fourth-order valence-electron chi connectivity index (χ4n) is 3.56. The van der Waals surface area contributed by atoms with Gasteiger partial charge in [-0.3, -0.25) is 0 Å². The van der Waals surface area contributed by atoms with Crippen molar-refractivity contribution in [3.05, 3.63) is 59.7 Å². The summed E-state index contributed by atoms with van der Waals surface area (Å²) in [4.78, 5) is 2.48. The van der Waals surface area contributed by atoms with E-state index in [1.165, 1.54) is 49.8 Å². The molecule has 1 fully saturated rings. The van der Waals surface area contributed by atoms with Gasteiger partial charge in [0.25, 0.3) is 10.0 Å². The number of ether oxygens (including phenoxy) is 1. The molecular weight excluding hydrogens is 372 g/mol. The Morgan fingerprint density at radius 1 is 1.04 bits per heavy atom. The number of sulfonamides is 1. The lowest BCUT2D eigenvalue weighted by Gasteiger charge is -2.22. The maximum atomic E-state index is 12.4. The molecule has 0 amide bonds. The quantitative estimate of drug-likeness (QED) is 0.534. The molecule has 1 aliphatic rings. The molecule has 0 spiro atoms. The Balaban J connectivity index is 1.67. The van der Waals surface area contributed by atoms with Gasteiger partial charge in [0.2, 0.25) is 0 Å². The van der Waals surface area contributed by atoms with E-state index in [1.54, 1.807) is 19.1 Å². The highest BCUT2D eigenvalue weighted by atomic mass is 32.2. The minimum atomic E-state index is -3.71. The SMILES string of the molecule is CCOc1ccc(S(=O)(=O)NN=C(C)c2ccc(C3CCCCC3)cc2)cc1. The van der Waals surface area contributed by atoms with Crippen molar-refractivity contribution in [2.45, 2.75) is 56.8 Å². The van der Waals surface area contributed by atoms with E-state index in [2.05, 4.69) is 22.1 Å². The highest BCUT2D eigenvalue weighted by Crippen LogP contribution is 2.32. The second kappa shape index (κ2) is 9.24. The van der Waals surface area contributed by atoms with Crippen molar-refractivity contribution in [2.24, 2.45) is 5.10 Å². The van der Waals surface area contributed by atoms with E-state index in [-0.39, 0.29) is 4.90 Å². The van der Waals surface area contributed by atoms with E-state index in [0.717, 1.165) is 5.56 Å². The van der Waals surface area contributed by atoms with Crippen molar-refractivity contribution in [1.82, 2.24) is 4.83 Å². The van der Waals surface area contributed by atoms with Gasteiger partial charge in [0.05, 0.1) is 17.2 Å². The van der Waals surface area contributed by atoms with E-state index >= 15 is 0 Å². The first-order chi connectivity index (χ1) is 13.5. The third-order valence-electron chi connectivity index (χ3n) is 5.18. The zero-order chi connectivity index (χ0) is 20.0. The van der Waals surface area contributed by atoms with Gasteiger partial charge < -0.3 is 4.74 Å². The fourth-order valence-corrected chi connectivity index (χ4v) is 4.42. The largest absolute Gasteiger partial charge is 0.494 e. The predicted molar refractivity (Wildman–Crippen MR) is 112 cm³/mol. The second-order valence-corrected chi connectivity index (χ2v) is 8.81. The third-order valence-corrected chi connectivity index (χ3v) is 6.41. The van der Waals surface area contributed by atoms with E-state index in [4.69, 9.17) is 4.74 Å². The molecule has 1 aliphatic carbocycles. The minimum absolute atomic E-state index is 0.153. The van der Waals surface area contributed by atoms with Crippen LogP contribution in [0, 0.1) is 0 Å². The molecular formula is C22H28N2O3S. The average molecular weight is 401 g/mol. The van der Waals surface area contributed by atoms with Crippen LogP contribution < -0.4 is 9.57 Å². The van der Waals surface area contributed by atoms with Gasteiger partial charge >= 0.3 is 0 Å². The first kappa shape index (κ1) is 20.4. The van der Waals surface area contributed by atoms with Gasteiger partial charge in [0.1, 0.15) is 5.75 Å². The van der Waals surface area contributed by atoms with Crippen LogP contribution in [0.25, 0.3) is 0 Å². The van der Waals surface area contributed by atoms with Crippen LogP contribution in [0.1, 0.15) is 63.0 Å². The second-order valence-electron chi connectivity index (χ2n) is 7.15. The van der Waals surface area contributed by atoms with E-state index < -0.39 is 10.0 Å². The summed E-state index contributed by atoms with van der Waals surface area (Å²) in [6.07, 6.45) is 6.47. The topological polar surface area (TPSA) is 67.8 Å². The number of hydrazone groups is 1. The van der Waals surface area contributed by atoms with Gasteiger partial charge in [-0.15, -0.1) is 0 Å². The van der Waals surface area contributed by atoms with Gasteiger partial charge in [-0.05, 0) is 68.0 Å². The Morgan fingerprint density at radius 3 is 2.29 bits per heavy atom. The van der Waals surface area contributed by atoms with Crippen LogP contribution >= 0.6 is 0 Å². The van der Waals surface area contributed by atoms with Crippen LogP contribution in [0.15, 0.2) is 58.5 Å². The molecule has 1 saturated carbocycles. The maximum Gasteiger partial charge on any atom is 0.276 e. The minimum Gasteiger partial charge on any atom is -0.494 e. The van der Waals surface area contributed by atoms with Crippen LogP contribution in [-0.4, -0.2) is 20.7 Å². The highest BCUT2D eigenvalue weighted by molar-refractivity contribution is 7.89. The molecule has 0 atom stereocenters. The summed E-state index contributed by atoms with van der Waals surface area (Å²) in [6.45, 7) is 4.22. The van der Waals surface area contributed by atoms with Crippen molar-refractivity contribution in [1.29, 1.82) is 0 Å². The molecule has 150 valence electrons. The lowest BCUT2D eigenvalue weighted by Crippen LogP contribution is -2.20. The number of nitrogens with one attached hydrogen (secondary N) is 1. The van der Waals surface area contributed by atoms with Crippen molar-refractivity contribution >= 4 is 15.7 Å². The van der Waals surface area contributed by atoms with Gasteiger partial charge in [0.15, 0.2) is 0 Å². The van der Waals surface area contributed by atoms with E-state index in [1.807, 2.05) is 19.1 Å². The highest BCUT2D eigenvalue weighted by Gasteiger charge is 2.16. The van der Waals surface area contributed by atoms with Crippen LogP contribution in [0.3, 0.4) is 0 Å². The molecule has 0 unspecified atom stereocenters. The summed E-state index contributed by atoms with van der Waals surface area (Å²) in [6, 6.07) is 14.6. The molecule has 3 rings (SSSR count). The third kappa shape index (κ3) is 5.13. The Labute approximate surface area is 167 Å². The first-order valence-electron chi connectivity index (χ1n) is 9.89. The van der Waals surface area contributed by atoms with Crippen LogP contribution in [0.4, 0.5) is 0 Å². The molecule has 0 heterocycles. The van der Waals surface area contributed by atoms with Crippen molar-refractivity contribution in [2.75, 3.05) is 6.61 Å². The average Bonchev–Trinajstić information content (AvgIpc) is 2.73. The normalized spacial score (nSPS) is 16.0. The Morgan fingerprint density at radius 2 is 1.68 bits per heavy atom. The lowest BCUT2D eigenvalue weighted by molar-refractivity contribution is 0.340. The number of nitrogens with zero attached hydrogens (tertiary/aromatic N) is 1. The molecule has 2 aromatic carbocycles. The Hall–Kier alpha value is -2.34. The number of hydrogen-bond donors (Lipinski definition) is 1. The van der Waals surface area contributed by atoms with Crippen molar-refractivity contribution in [3.8, 4) is 5.75 Å². The first-order valence-corrected chi connectivity index (χ1v) is 11.4. The van der Waals surface area contributed by atoms with Crippen molar-refractivity contribution < 1.29 is 13.2 Å². The van der Waals surface area contributed by atoms with E-state index in [9.17, 15) is 8.42 Å². The standard InChI is InChI=1S/C22H28N2O3S/c1-3-27-21-13-15-22(16-14-21)28(25,26)24-23-17(2)18-9-11-20(12-10-18)19-7-5-4-6-8-19/h9-16,19,24H,3-8H2,1-2H3. The van der Waals surface area contributed by atoms with Crippen LogP contribution in [-0.2, 0) is 10.0 Å². The zero-order valence-corrected chi connectivity index (χ0v) is 17.3. The lowest BCUT2D eigenvalue weighted by atomic mass is 9.84. The van der Waals surface area contributed by atoms with Gasteiger partial charge in [-0.2, -0.15) is 18.4 Å². The summed E-state index contributed by atoms with van der Waals surface area (Å²) in [7, 11) is -3.71. The van der Waals surface area contributed by atoms with Crippen LogP contribution in [0.2, 0.25) is 0 Å². The molecule has 0 bridgehead atoms. The predicted octanol–water partition coefficient (Wildman–Crippen LogP) is 4.84. The van der Waals surface area contributed by atoms with Gasteiger partial charge in [0, 0.05) is 0 Å².